The van der Waals surface area contributed by atoms with Crippen molar-refractivity contribution in [2.75, 3.05) is 7.05 Å². The van der Waals surface area contributed by atoms with Gasteiger partial charge in [-0.1, -0.05) is 18.2 Å². The molecule has 1 aromatic rings. The fourth-order valence-corrected chi connectivity index (χ4v) is 2.15. The van der Waals surface area contributed by atoms with E-state index in [1.54, 1.807) is 44.2 Å². The number of urea groups is 1. The summed E-state index contributed by atoms with van der Waals surface area (Å²) in [5, 5.41) is 11.4. The highest BCUT2D eigenvalue weighted by Gasteiger charge is 2.26. The van der Waals surface area contributed by atoms with Crippen LogP contribution in [0.5, 0.6) is 6.01 Å². The van der Waals surface area contributed by atoms with Crippen LogP contribution in [-0.2, 0) is 11.8 Å². The summed E-state index contributed by atoms with van der Waals surface area (Å²) < 4.78 is 0.936. The summed E-state index contributed by atoms with van der Waals surface area (Å²) in [4.78, 5) is 43.9. The van der Waals surface area contributed by atoms with Crippen LogP contribution in [0, 0.1) is 6.92 Å². The van der Waals surface area contributed by atoms with Gasteiger partial charge in [0.1, 0.15) is 0 Å². The fraction of sp³-hybridized carbons (Fsp3) is 0.235. The van der Waals surface area contributed by atoms with Crippen LogP contribution in [-0.4, -0.2) is 39.1 Å². The SMILES string of the molecule is CC1=NC(=O)N(C)C(=O)/C1=C\C=CC=Cc1c(C)nc([O-])n(C)c1=O. The van der Waals surface area contributed by atoms with Gasteiger partial charge in [-0.15, -0.1) is 0 Å². The number of hydrogen-bond acceptors (Lipinski definition) is 5. The van der Waals surface area contributed by atoms with Gasteiger partial charge in [0, 0.05) is 14.1 Å². The Morgan fingerprint density at radius 2 is 1.72 bits per heavy atom. The molecule has 8 heteroatoms. The second kappa shape index (κ2) is 7.08. The minimum absolute atomic E-state index is 0.316. The van der Waals surface area contributed by atoms with Crippen molar-refractivity contribution >= 4 is 23.7 Å². The van der Waals surface area contributed by atoms with Crippen molar-refractivity contribution in [3.05, 3.63) is 51.5 Å². The van der Waals surface area contributed by atoms with E-state index in [9.17, 15) is 19.5 Å². The van der Waals surface area contributed by atoms with Gasteiger partial charge in [-0.05, 0) is 26.0 Å². The van der Waals surface area contributed by atoms with Gasteiger partial charge in [-0.3, -0.25) is 19.5 Å². The van der Waals surface area contributed by atoms with Gasteiger partial charge in [0.2, 0.25) is 0 Å². The highest BCUT2D eigenvalue weighted by Crippen LogP contribution is 2.12. The maximum Gasteiger partial charge on any atom is 0.350 e. The number of allylic oxidation sites excluding steroid dienone is 4. The lowest BCUT2D eigenvalue weighted by molar-refractivity contribution is -0.286. The standard InChI is InChI=1S/C17H18N4O4/c1-10-12(14(22)20(3)16(24)18-10)8-6-5-7-9-13-11(2)19-17(25)21(4)15(13)23/h5-9H,1-4H3,(H,18,24)/p-1/b7-5?,8-6?,13-9-. The third kappa shape index (κ3) is 3.63. The van der Waals surface area contributed by atoms with Crippen LogP contribution < -0.4 is 10.7 Å². The first-order valence-electron chi connectivity index (χ1n) is 7.41. The van der Waals surface area contributed by atoms with E-state index in [-0.39, 0.29) is 0 Å². The Hall–Kier alpha value is -3.29. The highest BCUT2D eigenvalue weighted by atomic mass is 16.3. The van der Waals surface area contributed by atoms with Crippen molar-refractivity contribution in [2.24, 2.45) is 12.0 Å². The van der Waals surface area contributed by atoms with E-state index >= 15 is 0 Å². The van der Waals surface area contributed by atoms with E-state index in [1.165, 1.54) is 14.1 Å². The Balaban J connectivity index is 2.23. The molecule has 3 amide bonds. The zero-order valence-corrected chi connectivity index (χ0v) is 14.3. The summed E-state index contributed by atoms with van der Waals surface area (Å²) in [6, 6.07) is -1.19. The molecule has 0 aliphatic carbocycles. The van der Waals surface area contributed by atoms with Gasteiger partial charge in [0.15, 0.2) is 0 Å². The molecule has 2 rings (SSSR count). The molecule has 0 N–H and O–H groups in total. The van der Waals surface area contributed by atoms with Crippen molar-refractivity contribution in [3.63, 3.8) is 0 Å². The average Bonchev–Trinajstić information content (AvgIpc) is 2.55. The Morgan fingerprint density at radius 3 is 2.40 bits per heavy atom. The van der Waals surface area contributed by atoms with Crippen LogP contribution in [0.3, 0.4) is 0 Å². The maximum atomic E-state index is 12.0. The third-order valence-electron chi connectivity index (χ3n) is 3.70. The number of aliphatic imine (C=N–C) groups is 1. The van der Waals surface area contributed by atoms with Crippen molar-refractivity contribution in [1.29, 1.82) is 0 Å². The van der Waals surface area contributed by atoms with Gasteiger partial charge < -0.3 is 9.67 Å². The number of carbonyl (C=O) groups is 2. The molecule has 0 atom stereocenters. The number of hydrogen-bond donors (Lipinski definition) is 0. The predicted molar refractivity (Wildman–Crippen MR) is 91.2 cm³/mol. The summed E-state index contributed by atoms with van der Waals surface area (Å²) in [5.74, 6) is -0.425. The number of imide groups is 1. The van der Waals surface area contributed by atoms with E-state index in [0.29, 0.717) is 22.5 Å². The van der Waals surface area contributed by atoms with Crippen molar-refractivity contribution in [3.8, 4) is 6.01 Å². The van der Waals surface area contributed by atoms with Crippen LogP contribution in [0.25, 0.3) is 6.08 Å². The van der Waals surface area contributed by atoms with E-state index in [0.717, 1.165) is 9.47 Å². The first kappa shape index (κ1) is 18.1. The lowest BCUT2D eigenvalue weighted by atomic mass is 10.1. The van der Waals surface area contributed by atoms with Gasteiger partial charge in [-0.2, -0.15) is 4.99 Å². The lowest BCUT2D eigenvalue weighted by Gasteiger charge is -2.19. The van der Waals surface area contributed by atoms with Crippen LogP contribution in [0.2, 0.25) is 0 Å². The molecular formula is C17H17N4O4-. The zero-order valence-electron chi connectivity index (χ0n) is 14.3. The number of aromatic nitrogens is 2. The van der Waals surface area contributed by atoms with Crippen LogP contribution in [0.4, 0.5) is 4.79 Å². The zero-order chi connectivity index (χ0) is 18.7. The first-order valence-corrected chi connectivity index (χ1v) is 7.41. The normalized spacial score (nSPS) is 17.2. The molecule has 0 radical (unpaired) electrons. The average molecular weight is 341 g/mol. The molecule has 0 bridgehead atoms. The van der Waals surface area contributed by atoms with E-state index in [4.69, 9.17) is 0 Å². The maximum absolute atomic E-state index is 12.0. The third-order valence-corrected chi connectivity index (χ3v) is 3.70. The molecule has 0 saturated heterocycles. The Morgan fingerprint density at radius 1 is 1.04 bits per heavy atom. The number of nitrogens with zero attached hydrogens (tertiary/aromatic N) is 4. The van der Waals surface area contributed by atoms with Gasteiger partial charge in [0.25, 0.3) is 11.5 Å². The molecule has 0 fully saturated rings. The Labute approximate surface area is 144 Å². The molecule has 1 aromatic heterocycles. The minimum atomic E-state index is -0.593. The molecule has 0 saturated carbocycles. The number of aryl methyl sites for hydroxylation is 1. The molecule has 25 heavy (non-hydrogen) atoms. The largest absolute Gasteiger partial charge is 0.846 e. The summed E-state index contributed by atoms with van der Waals surface area (Å²) in [6.07, 6.45) is 7.90. The van der Waals surface area contributed by atoms with E-state index < -0.39 is 23.5 Å². The summed E-state index contributed by atoms with van der Waals surface area (Å²) in [6.45, 7) is 3.17. The fourth-order valence-electron chi connectivity index (χ4n) is 2.15. The number of likely N-dealkylation sites (N-methyl/N-ethyl adjacent to an activating group) is 1. The van der Waals surface area contributed by atoms with E-state index in [1.807, 2.05) is 0 Å². The van der Waals surface area contributed by atoms with Gasteiger partial charge >= 0.3 is 6.03 Å². The summed E-state index contributed by atoms with van der Waals surface area (Å²) >= 11 is 0. The number of rotatable bonds is 3. The molecule has 0 unspecified atom stereocenters. The smallest absolute Gasteiger partial charge is 0.350 e. The lowest BCUT2D eigenvalue weighted by Crippen LogP contribution is -2.38. The summed E-state index contributed by atoms with van der Waals surface area (Å²) in [7, 11) is 2.73. The van der Waals surface area contributed by atoms with Gasteiger partial charge in [-0.25, -0.2) is 4.79 Å². The molecular weight excluding hydrogens is 324 g/mol. The molecule has 130 valence electrons. The second-order valence-corrected chi connectivity index (χ2v) is 5.43. The topological polar surface area (TPSA) is 108 Å². The highest BCUT2D eigenvalue weighted by molar-refractivity contribution is 6.28. The molecule has 1 aliphatic rings. The molecule has 1 aliphatic heterocycles. The van der Waals surface area contributed by atoms with Crippen LogP contribution in [0.1, 0.15) is 18.2 Å². The van der Waals surface area contributed by atoms with Crippen LogP contribution in [0.15, 0.2) is 39.7 Å². The molecule has 0 spiro atoms. The second-order valence-electron chi connectivity index (χ2n) is 5.43. The first-order chi connectivity index (χ1) is 11.7. The monoisotopic (exact) mass is 341 g/mol. The van der Waals surface area contributed by atoms with E-state index in [2.05, 4.69) is 9.98 Å². The Kier molecular flexibility index (Phi) is 5.11. The quantitative estimate of drug-likeness (QED) is 0.594. The van der Waals surface area contributed by atoms with Crippen molar-refractivity contribution < 1.29 is 14.7 Å². The number of carbonyl (C=O) groups excluding carboxylic acids is 2. The molecule has 0 aromatic carbocycles. The number of amides is 3. The summed E-state index contributed by atoms with van der Waals surface area (Å²) in [5.41, 5.74) is 0.905. The van der Waals surface area contributed by atoms with Crippen molar-refractivity contribution in [1.82, 2.24) is 14.5 Å². The molecule has 8 nitrogen and oxygen atoms in total. The molecule has 2 heterocycles. The van der Waals surface area contributed by atoms with Crippen molar-refractivity contribution in [2.45, 2.75) is 13.8 Å². The Bertz CT molecular complexity index is 919. The predicted octanol–water partition coefficient (Wildman–Crippen LogP) is 0.711. The van der Waals surface area contributed by atoms with Crippen LogP contribution >= 0.6 is 0 Å². The van der Waals surface area contributed by atoms with Gasteiger partial charge in [0.05, 0.1) is 28.6 Å². The minimum Gasteiger partial charge on any atom is -0.846 e.